The zero-order valence-electron chi connectivity index (χ0n) is 14.6. The number of carbonyl (C=O) groups excluding carboxylic acids is 2. The van der Waals surface area contributed by atoms with Crippen molar-refractivity contribution in [3.63, 3.8) is 0 Å². The molecule has 27 heavy (non-hydrogen) atoms. The molecular weight excluding hydrogens is 355 g/mol. The number of carbonyl (C=O) groups is 3. The molecular formula is C19H19FN2O5. The Labute approximate surface area is 155 Å². The highest BCUT2D eigenvalue weighted by molar-refractivity contribution is 5.92. The molecule has 7 nitrogen and oxygen atoms in total. The van der Waals surface area contributed by atoms with Gasteiger partial charge in [-0.2, -0.15) is 0 Å². The minimum Gasteiger partial charge on any atom is -0.480 e. The van der Waals surface area contributed by atoms with Gasteiger partial charge in [-0.05, 0) is 42.3 Å². The molecule has 0 radical (unpaired) electrons. The van der Waals surface area contributed by atoms with Gasteiger partial charge >= 0.3 is 12.1 Å². The van der Waals surface area contributed by atoms with Crippen molar-refractivity contribution in [3.8, 4) is 0 Å². The van der Waals surface area contributed by atoms with Gasteiger partial charge in [0, 0.05) is 5.69 Å². The summed E-state index contributed by atoms with van der Waals surface area (Å²) in [5.74, 6) is -1.76. The zero-order chi connectivity index (χ0) is 19.8. The Kier molecular flexibility index (Phi) is 6.87. The molecule has 0 saturated carbocycles. The third-order valence-electron chi connectivity index (χ3n) is 3.59. The number of carboxylic acids is 1. The first-order valence-electron chi connectivity index (χ1n) is 8.13. The van der Waals surface area contributed by atoms with Gasteiger partial charge in [-0.3, -0.25) is 9.59 Å². The minimum atomic E-state index is -1.16. The average molecular weight is 374 g/mol. The fourth-order valence-corrected chi connectivity index (χ4v) is 2.11. The number of anilines is 1. The van der Waals surface area contributed by atoms with E-state index in [4.69, 9.17) is 9.84 Å². The van der Waals surface area contributed by atoms with Gasteiger partial charge < -0.3 is 20.5 Å². The van der Waals surface area contributed by atoms with Crippen LogP contribution in [0.25, 0.3) is 0 Å². The van der Waals surface area contributed by atoms with Crippen LogP contribution in [-0.2, 0) is 27.4 Å². The van der Waals surface area contributed by atoms with Crippen molar-refractivity contribution in [1.29, 1.82) is 0 Å². The molecule has 1 atom stereocenters. The predicted molar refractivity (Wildman–Crippen MR) is 95.6 cm³/mol. The van der Waals surface area contributed by atoms with Crippen LogP contribution in [0.15, 0.2) is 48.5 Å². The summed E-state index contributed by atoms with van der Waals surface area (Å²) in [6, 6.07) is 11.3. The quantitative estimate of drug-likeness (QED) is 0.691. The molecule has 0 unspecified atom stereocenters. The lowest BCUT2D eigenvalue weighted by Crippen LogP contribution is -2.38. The Morgan fingerprint density at radius 1 is 1.04 bits per heavy atom. The number of benzene rings is 2. The first kappa shape index (κ1) is 19.9. The standard InChI is InChI=1S/C19H19FN2O5/c1-12(18(24)25)21-19(26)27-11-14-4-8-16(9-5-14)22-17(23)10-13-2-6-15(20)7-3-13/h2-9,12H,10-11H2,1H3,(H,21,26)(H,22,23)(H,24,25)/t12-/m0/s1. The summed E-state index contributed by atoms with van der Waals surface area (Å²) < 4.78 is 17.8. The van der Waals surface area contributed by atoms with Crippen LogP contribution in [0, 0.1) is 5.82 Å². The highest BCUT2D eigenvalue weighted by Gasteiger charge is 2.14. The summed E-state index contributed by atoms with van der Waals surface area (Å²) in [4.78, 5) is 34.1. The van der Waals surface area contributed by atoms with Crippen molar-refractivity contribution in [2.24, 2.45) is 0 Å². The molecule has 2 amide bonds. The Balaban J connectivity index is 1.80. The summed E-state index contributed by atoms with van der Waals surface area (Å²) in [7, 11) is 0. The van der Waals surface area contributed by atoms with E-state index < -0.39 is 18.1 Å². The molecule has 0 saturated heterocycles. The zero-order valence-corrected chi connectivity index (χ0v) is 14.6. The fraction of sp³-hybridized carbons (Fsp3) is 0.211. The number of hydrogen-bond donors (Lipinski definition) is 3. The van der Waals surface area contributed by atoms with E-state index in [1.54, 1.807) is 36.4 Å². The topological polar surface area (TPSA) is 105 Å². The van der Waals surface area contributed by atoms with Crippen LogP contribution in [-0.4, -0.2) is 29.1 Å². The largest absolute Gasteiger partial charge is 0.480 e. The van der Waals surface area contributed by atoms with Crippen molar-refractivity contribution < 1.29 is 28.6 Å². The van der Waals surface area contributed by atoms with Gasteiger partial charge in [-0.25, -0.2) is 9.18 Å². The Hall–Kier alpha value is -3.42. The molecule has 2 aromatic carbocycles. The third-order valence-corrected chi connectivity index (χ3v) is 3.59. The highest BCUT2D eigenvalue weighted by Crippen LogP contribution is 2.12. The molecule has 0 aromatic heterocycles. The maximum atomic E-state index is 12.9. The van der Waals surface area contributed by atoms with Gasteiger partial charge in [0.15, 0.2) is 0 Å². The summed E-state index contributed by atoms with van der Waals surface area (Å²) in [6.45, 7) is 1.29. The molecule has 0 aliphatic rings. The number of halogens is 1. The normalized spacial score (nSPS) is 11.3. The maximum absolute atomic E-state index is 12.9. The van der Waals surface area contributed by atoms with Crippen molar-refractivity contribution >= 4 is 23.7 Å². The molecule has 2 aromatic rings. The van der Waals surface area contributed by atoms with Gasteiger partial charge in [0.2, 0.25) is 5.91 Å². The van der Waals surface area contributed by atoms with Crippen LogP contribution in [0.1, 0.15) is 18.1 Å². The smallest absolute Gasteiger partial charge is 0.408 e. The van der Waals surface area contributed by atoms with Crippen molar-refractivity contribution in [1.82, 2.24) is 5.32 Å². The molecule has 0 heterocycles. The number of hydrogen-bond acceptors (Lipinski definition) is 4. The molecule has 0 fully saturated rings. The molecule has 0 spiro atoms. The van der Waals surface area contributed by atoms with Crippen LogP contribution in [0.2, 0.25) is 0 Å². The summed E-state index contributed by atoms with van der Waals surface area (Å²) in [5, 5.41) is 13.6. The van der Waals surface area contributed by atoms with E-state index in [0.29, 0.717) is 16.8 Å². The Bertz CT molecular complexity index is 806. The molecule has 142 valence electrons. The molecule has 8 heteroatoms. The van der Waals surface area contributed by atoms with E-state index in [1.807, 2.05) is 0 Å². The maximum Gasteiger partial charge on any atom is 0.408 e. The third kappa shape index (κ3) is 6.77. The number of ether oxygens (including phenoxy) is 1. The van der Waals surface area contributed by atoms with E-state index in [1.165, 1.54) is 19.1 Å². The SMILES string of the molecule is C[C@H](NC(=O)OCc1ccc(NC(=O)Cc2ccc(F)cc2)cc1)C(=O)O. The number of amides is 2. The van der Waals surface area contributed by atoms with Crippen molar-refractivity contribution in [3.05, 3.63) is 65.5 Å². The van der Waals surface area contributed by atoms with Crippen molar-refractivity contribution in [2.75, 3.05) is 5.32 Å². The molecule has 0 aliphatic carbocycles. The van der Waals surface area contributed by atoms with E-state index in [2.05, 4.69) is 10.6 Å². The first-order chi connectivity index (χ1) is 12.8. The molecule has 3 N–H and O–H groups in total. The summed E-state index contributed by atoms with van der Waals surface area (Å²) >= 11 is 0. The summed E-state index contributed by atoms with van der Waals surface area (Å²) in [5.41, 5.74) is 1.93. The molecule has 0 bridgehead atoms. The lowest BCUT2D eigenvalue weighted by molar-refractivity contribution is -0.138. The van der Waals surface area contributed by atoms with Gasteiger partial charge in [0.05, 0.1) is 6.42 Å². The second-order valence-corrected chi connectivity index (χ2v) is 5.83. The number of alkyl carbamates (subject to hydrolysis) is 1. The molecule has 2 rings (SSSR count). The summed E-state index contributed by atoms with van der Waals surface area (Å²) in [6.07, 6.45) is -0.714. The number of nitrogens with one attached hydrogen (secondary N) is 2. The monoisotopic (exact) mass is 374 g/mol. The van der Waals surface area contributed by atoms with E-state index in [9.17, 15) is 18.8 Å². The lowest BCUT2D eigenvalue weighted by atomic mass is 10.1. The lowest BCUT2D eigenvalue weighted by Gasteiger charge is -2.10. The fourth-order valence-electron chi connectivity index (χ4n) is 2.11. The number of rotatable bonds is 7. The average Bonchev–Trinajstić information content (AvgIpc) is 2.63. The van der Waals surface area contributed by atoms with Gasteiger partial charge in [-0.1, -0.05) is 24.3 Å². The van der Waals surface area contributed by atoms with Gasteiger partial charge in [0.1, 0.15) is 18.5 Å². The Morgan fingerprint density at radius 2 is 1.63 bits per heavy atom. The predicted octanol–water partition coefficient (Wildman–Crippen LogP) is 2.71. The number of aliphatic carboxylic acids is 1. The van der Waals surface area contributed by atoms with E-state index in [-0.39, 0.29) is 24.8 Å². The highest BCUT2D eigenvalue weighted by atomic mass is 19.1. The number of carboxylic acid groups (broad SMARTS) is 1. The molecule has 0 aliphatic heterocycles. The second-order valence-electron chi connectivity index (χ2n) is 5.83. The van der Waals surface area contributed by atoms with Crippen LogP contribution in [0.5, 0.6) is 0 Å². The minimum absolute atomic E-state index is 0.0397. The van der Waals surface area contributed by atoms with Gasteiger partial charge in [-0.15, -0.1) is 0 Å². The first-order valence-corrected chi connectivity index (χ1v) is 8.13. The van der Waals surface area contributed by atoms with Crippen LogP contribution < -0.4 is 10.6 Å². The van der Waals surface area contributed by atoms with Crippen LogP contribution in [0.3, 0.4) is 0 Å². The van der Waals surface area contributed by atoms with Crippen LogP contribution in [0.4, 0.5) is 14.9 Å². The van der Waals surface area contributed by atoms with Crippen molar-refractivity contribution in [2.45, 2.75) is 26.0 Å². The van der Waals surface area contributed by atoms with E-state index >= 15 is 0 Å². The second kappa shape index (κ2) is 9.33. The van der Waals surface area contributed by atoms with Gasteiger partial charge in [0.25, 0.3) is 0 Å². The van der Waals surface area contributed by atoms with E-state index in [0.717, 1.165) is 0 Å². The van der Waals surface area contributed by atoms with Crippen LogP contribution >= 0.6 is 0 Å². The Morgan fingerprint density at radius 3 is 2.22 bits per heavy atom.